The van der Waals surface area contributed by atoms with Crippen molar-refractivity contribution in [3.8, 4) is 6.07 Å². The van der Waals surface area contributed by atoms with Crippen LogP contribution in [0.3, 0.4) is 0 Å². The Balaban J connectivity index is 1.26. The van der Waals surface area contributed by atoms with Gasteiger partial charge in [-0.3, -0.25) is 4.79 Å². The van der Waals surface area contributed by atoms with Crippen molar-refractivity contribution in [2.45, 2.75) is 44.8 Å². The molecule has 4 bridgehead atoms. The Labute approximate surface area is 209 Å². The third-order valence-electron chi connectivity index (χ3n) is 8.41. The molecule has 1 amide bonds. The molecular weight excluding hydrogens is 454 g/mol. The second-order valence-corrected chi connectivity index (χ2v) is 10.6. The first-order chi connectivity index (χ1) is 17.6. The van der Waals surface area contributed by atoms with Crippen LogP contribution >= 0.6 is 0 Å². The number of nitrogens with zero attached hydrogens (tertiary/aromatic N) is 2. The quantitative estimate of drug-likeness (QED) is 0.343. The summed E-state index contributed by atoms with van der Waals surface area (Å²) in [4.78, 5) is 33.8. The summed E-state index contributed by atoms with van der Waals surface area (Å²) >= 11 is 0. The van der Waals surface area contributed by atoms with Gasteiger partial charge in [0.05, 0.1) is 17.2 Å². The fourth-order valence-electron chi connectivity index (χ4n) is 7.13. The van der Waals surface area contributed by atoms with E-state index in [0.717, 1.165) is 48.7 Å². The maximum absolute atomic E-state index is 13.2. The topological polar surface area (TPSA) is 120 Å². The molecule has 4 aliphatic rings. The monoisotopic (exact) mass is 483 g/mol. The van der Waals surface area contributed by atoms with Gasteiger partial charge in [0.1, 0.15) is 24.4 Å². The maximum Gasteiger partial charge on any atom is 0.342 e. The number of ether oxygens (including phenoxy) is 1. The van der Waals surface area contributed by atoms with Crippen LogP contribution in [-0.2, 0) is 16.1 Å². The lowest BCUT2D eigenvalue weighted by Gasteiger charge is -2.59. The molecule has 36 heavy (non-hydrogen) atoms. The molecule has 1 aromatic carbocycles. The molecule has 0 radical (unpaired) electrons. The van der Waals surface area contributed by atoms with Crippen molar-refractivity contribution in [1.29, 1.82) is 5.26 Å². The predicted molar refractivity (Wildman–Crippen MR) is 134 cm³/mol. The fourth-order valence-corrected chi connectivity index (χ4v) is 7.13. The zero-order chi connectivity index (χ0) is 24.7. The highest BCUT2D eigenvalue weighted by molar-refractivity contribution is 6.04. The molecule has 3 N–H and O–H groups in total. The minimum Gasteiger partial charge on any atom is -0.457 e. The summed E-state index contributed by atoms with van der Waals surface area (Å²) in [6, 6.07) is 13.8. The number of aromatic nitrogens is 2. The van der Waals surface area contributed by atoms with Crippen LogP contribution in [-0.4, -0.2) is 34.4 Å². The number of nitrogens with one attached hydrogen (secondary N) is 3. The van der Waals surface area contributed by atoms with Crippen molar-refractivity contribution in [3.63, 3.8) is 0 Å². The number of hydrogen-bond acceptors (Lipinski definition) is 6. The van der Waals surface area contributed by atoms with Crippen molar-refractivity contribution >= 4 is 28.6 Å². The lowest BCUT2D eigenvalue weighted by Crippen LogP contribution is -2.60. The number of H-pyrrole nitrogens is 1. The molecule has 4 aliphatic carbocycles. The fraction of sp³-hybridized carbons (Fsp3) is 0.429. The number of fused-ring (bicyclic) bond motifs is 1. The standard InChI is InChI=1S/C28H29N5O3/c29-7-9-31-27(35)28-12-18-10-19(13-28)23(20(11-18)14-28)33-24-21-6-8-30-25(21)32-15-22(24)26(34)36-16-17-4-2-1-3-5-17/h1-6,8,15,18-20,23H,9-14,16H2,(H,31,35)(H2,30,32,33). The first-order valence-corrected chi connectivity index (χ1v) is 12.7. The maximum atomic E-state index is 13.2. The van der Waals surface area contributed by atoms with Crippen molar-refractivity contribution in [1.82, 2.24) is 15.3 Å². The molecule has 8 heteroatoms. The van der Waals surface area contributed by atoms with E-state index in [0.29, 0.717) is 29.0 Å². The third kappa shape index (κ3) is 3.89. The van der Waals surface area contributed by atoms with Gasteiger partial charge in [-0.1, -0.05) is 30.3 Å². The van der Waals surface area contributed by atoms with Crippen LogP contribution in [0.1, 0.15) is 48.0 Å². The lowest BCUT2D eigenvalue weighted by atomic mass is 9.47. The summed E-state index contributed by atoms with van der Waals surface area (Å²) in [5.41, 5.74) is 2.45. The number of pyridine rings is 1. The van der Waals surface area contributed by atoms with E-state index in [4.69, 9.17) is 10.00 Å². The first-order valence-electron chi connectivity index (χ1n) is 12.7. The number of rotatable bonds is 7. The van der Waals surface area contributed by atoms with Crippen LogP contribution in [0.15, 0.2) is 48.8 Å². The second kappa shape index (κ2) is 8.98. The molecule has 0 saturated heterocycles. The van der Waals surface area contributed by atoms with Crippen LogP contribution in [0.2, 0.25) is 0 Å². The first kappa shape index (κ1) is 22.6. The van der Waals surface area contributed by atoms with Crippen LogP contribution < -0.4 is 10.6 Å². The van der Waals surface area contributed by atoms with Gasteiger partial charge in [0.25, 0.3) is 0 Å². The summed E-state index contributed by atoms with van der Waals surface area (Å²) in [5, 5.41) is 16.4. The molecule has 4 saturated carbocycles. The number of nitriles is 1. The van der Waals surface area contributed by atoms with Gasteiger partial charge in [0.2, 0.25) is 5.91 Å². The Morgan fingerprint density at radius 2 is 1.92 bits per heavy atom. The minimum absolute atomic E-state index is 0.0315. The molecule has 2 unspecified atom stereocenters. The molecule has 0 spiro atoms. The van der Waals surface area contributed by atoms with Gasteiger partial charge >= 0.3 is 5.97 Å². The zero-order valence-corrected chi connectivity index (χ0v) is 20.0. The molecule has 184 valence electrons. The van der Waals surface area contributed by atoms with Crippen molar-refractivity contribution in [3.05, 3.63) is 59.9 Å². The Morgan fingerprint density at radius 1 is 1.14 bits per heavy atom. The van der Waals surface area contributed by atoms with E-state index in [1.807, 2.05) is 48.7 Å². The van der Waals surface area contributed by atoms with Crippen LogP contribution in [0.5, 0.6) is 0 Å². The van der Waals surface area contributed by atoms with E-state index in [1.165, 1.54) is 0 Å². The molecule has 2 atom stereocenters. The Bertz CT molecular complexity index is 1330. The summed E-state index contributed by atoms with van der Waals surface area (Å²) in [6.45, 7) is 0.250. The van der Waals surface area contributed by atoms with E-state index >= 15 is 0 Å². The Kier molecular flexibility index (Phi) is 5.63. The highest BCUT2D eigenvalue weighted by atomic mass is 16.5. The summed E-state index contributed by atoms with van der Waals surface area (Å²) in [6.07, 6.45) is 8.11. The van der Waals surface area contributed by atoms with Crippen LogP contribution in [0.4, 0.5) is 5.69 Å². The summed E-state index contributed by atoms with van der Waals surface area (Å²) < 4.78 is 5.66. The van der Waals surface area contributed by atoms with E-state index in [2.05, 4.69) is 20.6 Å². The lowest BCUT2D eigenvalue weighted by molar-refractivity contribution is -0.147. The predicted octanol–water partition coefficient (Wildman–Crippen LogP) is 4.17. The number of carbonyl (C=O) groups is 2. The molecule has 8 nitrogen and oxygen atoms in total. The number of esters is 1. The highest BCUT2D eigenvalue weighted by Crippen LogP contribution is 2.60. The Morgan fingerprint density at radius 3 is 2.67 bits per heavy atom. The number of amides is 1. The average Bonchev–Trinajstić information content (AvgIpc) is 3.37. The number of anilines is 1. The van der Waals surface area contributed by atoms with Crippen LogP contribution in [0, 0.1) is 34.5 Å². The number of hydrogen-bond donors (Lipinski definition) is 3. The number of carbonyl (C=O) groups excluding carboxylic acids is 2. The zero-order valence-electron chi connectivity index (χ0n) is 20.0. The molecule has 3 aromatic rings. The van der Waals surface area contributed by atoms with Crippen LogP contribution in [0.25, 0.3) is 11.0 Å². The highest BCUT2D eigenvalue weighted by Gasteiger charge is 2.58. The molecule has 2 heterocycles. The molecule has 4 fully saturated rings. The van der Waals surface area contributed by atoms with E-state index in [9.17, 15) is 9.59 Å². The Hall–Kier alpha value is -3.86. The van der Waals surface area contributed by atoms with Gasteiger partial charge in [0.15, 0.2) is 0 Å². The molecular formula is C28H29N5O3. The minimum atomic E-state index is -0.409. The largest absolute Gasteiger partial charge is 0.457 e. The van der Waals surface area contributed by atoms with Crippen molar-refractivity contribution < 1.29 is 14.3 Å². The van der Waals surface area contributed by atoms with E-state index < -0.39 is 5.97 Å². The summed E-state index contributed by atoms with van der Waals surface area (Å²) in [5.74, 6) is 0.824. The van der Waals surface area contributed by atoms with Gasteiger partial charge in [0, 0.05) is 23.8 Å². The van der Waals surface area contributed by atoms with Gasteiger partial charge < -0.3 is 20.4 Å². The van der Waals surface area contributed by atoms with Gasteiger partial charge in [-0.2, -0.15) is 5.26 Å². The molecule has 7 rings (SSSR count). The van der Waals surface area contributed by atoms with Gasteiger partial charge in [-0.05, 0) is 61.5 Å². The molecule has 2 aromatic heterocycles. The number of benzene rings is 1. The van der Waals surface area contributed by atoms with Crippen molar-refractivity contribution in [2.24, 2.45) is 23.2 Å². The SMILES string of the molecule is N#CCNC(=O)C12CC3CC(C1)C(Nc1c(C(=O)OCc4ccccc4)cnc4[nH]ccc14)C(C3)C2. The average molecular weight is 484 g/mol. The van der Waals surface area contributed by atoms with E-state index in [1.54, 1.807) is 6.20 Å². The van der Waals surface area contributed by atoms with E-state index in [-0.39, 0.29) is 30.5 Å². The van der Waals surface area contributed by atoms with Gasteiger partial charge in [-0.25, -0.2) is 9.78 Å². The summed E-state index contributed by atoms with van der Waals surface area (Å²) in [7, 11) is 0. The second-order valence-electron chi connectivity index (χ2n) is 10.6. The van der Waals surface area contributed by atoms with Gasteiger partial charge in [-0.15, -0.1) is 0 Å². The normalized spacial score (nSPS) is 28.0. The number of aromatic amines is 1. The smallest absolute Gasteiger partial charge is 0.342 e. The third-order valence-corrected chi connectivity index (χ3v) is 8.41. The molecule has 0 aliphatic heterocycles. The van der Waals surface area contributed by atoms with Crippen molar-refractivity contribution in [2.75, 3.05) is 11.9 Å².